The zero-order valence-corrected chi connectivity index (χ0v) is 31.1. The first kappa shape index (κ1) is 37.4. The van der Waals surface area contributed by atoms with Crippen LogP contribution in [-0.2, 0) is 19.1 Å². The minimum absolute atomic E-state index is 0.0101. The highest BCUT2D eigenvalue weighted by Crippen LogP contribution is 2.43. The third-order valence-electron chi connectivity index (χ3n) is 8.89. The number of methoxy groups -OCH3 is 2. The number of nitrogens with one attached hydrogen (secondary N) is 2. The van der Waals surface area contributed by atoms with Crippen LogP contribution in [0.5, 0.6) is 11.5 Å². The Hall–Kier alpha value is -3.88. The fourth-order valence-corrected chi connectivity index (χ4v) is 6.89. The Bertz CT molecular complexity index is 1920. The molecule has 13 nitrogen and oxygen atoms in total. The van der Waals surface area contributed by atoms with Crippen molar-refractivity contribution < 1.29 is 28.5 Å². The topological polar surface area (TPSA) is 165 Å². The van der Waals surface area contributed by atoms with E-state index >= 15 is 0 Å². The van der Waals surface area contributed by atoms with E-state index in [1.165, 1.54) is 6.33 Å². The number of morpholine rings is 2. The Morgan fingerprint density at radius 1 is 0.880 bits per heavy atom. The predicted molar refractivity (Wildman–Crippen MR) is 191 cm³/mol. The molecule has 2 aliphatic rings. The number of ether oxygens (including phenoxy) is 4. The molecule has 0 radical (unpaired) electrons. The second-order valence-corrected chi connectivity index (χ2v) is 13.5. The van der Waals surface area contributed by atoms with E-state index in [4.69, 9.17) is 59.5 Å². The number of amides is 2. The largest absolute Gasteiger partial charge is 0.496 e. The monoisotopic (exact) mass is 747 g/mol. The molecule has 50 heavy (non-hydrogen) atoms. The third kappa shape index (κ3) is 7.28. The van der Waals surface area contributed by atoms with Gasteiger partial charge in [-0.3, -0.25) is 9.59 Å². The van der Waals surface area contributed by atoms with Crippen LogP contribution in [0.15, 0.2) is 18.5 Å². The van der Waals surface area contributed by atoms with Crippen LogP contribution in [0.25, 0.3) is 11.0 Å². The quantitative estimate of drug-likeness (QED) is 0.202. The molecule has 4 atom stereocenters. The number of hydrogen-bond acceptors (Lipinski definition) is 10. The molecule has 268 valence electrons. The van der Waals surface area contributed by atoms with E-state index in [0.29, 0.717) is 46.1 Å². The van der Waals surface area contributed by atoms with Crippen LogP contribution in [0, 0.1) is 20.8 Å². The van der Waals surface area contributed by atoms with Crippen molar-refractivity contribution in [2.75, 3.05) is 46.3 Å². The lowest BCUT2D eigenvalue weighted by molar-refractivity contribution is -0.134. The Kier molecular flexibility index (Phi) is 11.6. The zero-order chi connectivity index (χ0) is 36.4. The molecule has 0 aliphatic carbocycles. The summed E-state index contributed by atoms with van der Waals surface area (Å²) >= 11 is 19.1. The molecular weight excluding hydrogens is 709 g/mol. The van der Waals surface area contributed by atoms with Crippen molar-refractivity contribution in [2.24, 2.45) is 0 Å². The molecule has 2 aliphatic heterocycles. The lowest BCUT2D eigenvalue weighted by Gasteiger charge is -2.29. The van der Waals surface area contributed by atoms with E-state index in [-0.39, 0.29) is 48.7 Å². The number of nitrogens with two attached hydrogens (primary N) is 1. The van der Waals surface area contributed by atoms with Crippen LogP contribution in [0.3, 0.4) is 0 Å². The summed E-state index contributed by atoms with van der Waals surface area (Å²) in [4.78, 5) is 31.2. The summed E-state index contributed by atoms with van der Waals surface area (Å²) in [7, 11) is 3.20. The normalized spacial score (nSPS) is 18.8. The number of rotatable bonds is 7. The molecule has 0 saturated carbocycles. The number of benzene rings is 2. The van der Waals surface area contributed by atoms with Gasteiger partial charge in [0.05, 0.1) is 36.7 Å². The number of anilines is 1. The maximum atomic E-state index is 11.5. The minimum atomic E-state index is -0.364. The average Bonchev–Trinajstić information content (AvgIpc) is 3.44. The number of hydrogen-bond donors (Lipinski definition) is 3. The summed E-state index contributed by atoms with van der Waals surface area (Å²) in [5, 5.41) is 11.9. The maximum Gasteiger partial charge on any atom is 0.246 e. The Morgan fingerprint density at radius 3 is 1.84 bits per heavy atom. The Morgan fingerprint density at radius 2 is 1.38 bits per heavy atom. The molecule has 2 saturated heterocycles. The summed E-state index contributed by atoms with van der Waals surface area (Å²) in [6.07, 6.45) is 0.776. The molecule has 4 N–H and O–H groups in total. The fourth-order valence-electron chi connectivity index (χ4n) is 6.29. The van der Waals surface area contributed by atoms with Crippen molar-refractivity contribution in [1.82, 2.24) is 30.4 Å². The highest BCUT2D eigenvalue weighted by molar-refractivity contribution is 6.32. The summed E-state index contributed by atoms with van der Waals surface area (Å²) in [5.41, 5.74) is 12.4. The Labute approximate surface area is 305 Å². The van der Waals surface area contributed by atoms with Crippen molar-refractivity contribution in [3.05, 3.63) is 67.6 Å². The van der Waals surface area contributed by atoms with Gasteiger partial charge in [-0.15, -0.1) is 11.6 Å². The van der Waals surface area contributed by atoms with Gasteiger partial charge in [-0.05, 0) is 57.9 Å². The number of carbonyl (C=O) groups is 2. The molecule has 2 aromatic carbocycles. The lowest BCUT2D eigenvalue weighted by atomic mass is 9.94. The van der Waals surface area contributed by atoms with Crippen LogP contribution < -0.4 is 25.8 Å². The van der Waals surface area contributed by atoms with Gasteiger partial charge >= 0.3 is 0 Å². The second kappa shape index (κ2) is 15.6. The molecule has 2 amide bonds. The van der Waals surface area contributed by atoms with Gasteiger partial charge in [0.1, 0.15) is 49.1 Å². The molecule has 0 bridgehead atoms. The van der Waals surface area contributed by atoms with Gasteiger partial charge in [-0.2, -0.15) is 5.10 Å². The molecule has 4 heterocycles. The summed E-state index contributed by atoms with van der Waals surface area (Å²) in [6, 6.07) is 3.43. The van der Waals surface area contributed by atoms with Crippen molar-refractivity contribution >= 4 is 63.5 Å². The molecule has 2 aromatic heterocycles. The van der Waals surface area contributed by atoms with Crippen molar-refractivity contribution in [3.8, 4) is 11.5 Å². The van der Waals surface area contributed by atoms with E-state index in [1.807, 2.05) is 46.8 Å². The van der Waals surface area contributed by atoms with Crippen LogP contribution in [0.4, 0.5) is 5.82 Å². The number of aromatic nitrogens is 4. The van der Waals surface area contributed by atoms with Gasteiger partial charge in [0.25, 0.3) is 0 Å². The highest BCUT2D eigenvalue weighted by Gasteiger charge is 2.31. The Balaban J connectivity index is 0.000000211. The van der Waals surface area contributed by atoms with Crippen LogP contribution in [-0.4, -0.2) is 72.1 Å². The molecular formula is C34H40Cl3N7O6. The molecule has 6 rings (SSSR count). The third-order valence-corrected chi connectivity index (χ3v) is 9.91. The van der Waals surface area contributed by atoms with Crippen LogP contribution >= 0.6 is 34.8 Å². The predicted octanol–water partition coefficient (Wildman–Crippen LogP) is 5.63. The SMILES string of the molecule is COc1c(C(C)Cl)cc(Cl)c(C)c1C1CNC(=O)CO1.COc1c(C(C)n2nc(C)c3c(N)ncnc32)cc(Cl)c(C)c1C1CNC(=O)CO1. The van der Waals surface area contributed by atoms with Gasteiger partial charge in [0, 0.05) is 45.4 Å². The number of fused-ring (bicyclic) bond motifs is 1. The minimum Gasteiger partial charge on any atom is -0.496 e. The number of alkyl halides is 1. The van der Waals surface area contributed by atoms with E-state index in [9.17, 15) is 9.59 Å². The molecule has 0 spiro atoms. The van der Waals surface area contributed by atoms with Gasteiger partial charge in [0.15, 0.2) is 5.65 Å². The van der Waals surface area contributed by atoms with Gasteiger partial charge < -0.3 is 35.3 Å². The first-order valence-corrected chi connectivity index (χ1v) is 17.1. The first-order chi connectivity index (χ1) is 23.8. The fraction of sp³-hybridized carbons (Fsp3) is 0.441. The van der Waals surface area contributed by atoms with E-state index in [2.05, 4.69) is 25.7 Å². The van der Waals surface area contributed by atoms with Crippen molar-refractivity contribution in [1.29, 1.82) is 0 Å². The van der Waals surface area contributed by atoms with Crippen LogP contribution in [0.1, 0.15) is 76.5 Å². The van der Waals surface area contributed by atoms with Crippen molar-refractivity contribution in [3.63, 3.8) is 0 Å². The summed E-state index contributed by atoms with van der Waals surface area (Å²) in [5.74, 6) is 1.45. The van der Waals surface area contributed by atoms with Crippen LogP contribution in [0.2, 0.25) is 10.0 Å². The average molecular weight is 749 g/mol. The maximum absolute atomic E-state index is 11.5. The van der Waals surface area contributed by atoms with Gasteiger partial charge in [0.2, 0.25) is 11.8 Å². The molecule has 16 heteroatoms. The number of aryl methyl sites for hydroxylation is 1. The standard InChI is InChI=1S/C20H23ClN6O3.C14H17Cl2NO3/c1-9-13(21)5-12(18(29-4)16(9)14-6-23-15(28)7-30-14)11(3)27-20-17(10(2)26-27)19(22)24-8-25-20;1-7-10(16)4-9(8(2)15)14(19-3)13(7)11-5-17-12(18)6-20-11/h5,8,11,14H,6-7H2,1-4H3,(H,23,28)(H2,22,24,25);4,8,11H,5-6H2,1-3H3,(H,17,18). The number of nitrogen functional groups attached to an aromatic ring is 1. The highest BCUT2D eigenvalue weighted by atomic mass is 35.5. The first-order valence-electron chi connectivity index (χ1n) is 15.9. The van der Waals surface area contributed by atoms with E-state index in [0.717, 1.165) is 44.5 Å². The van der Waals surface area contributed by atoms with Gasteiger partial charge in [-0.1, -0.05) is 23.2 Å². The number of halogens is 3. The smallest absolute Gasteiger partial charge is 0.246 e. The summed E-state index contributed by atoms with van der Waals surface area (Å²) in [6.45, 7) is 10.3. The number of nitrogens with zero attached hydrogens (tertiary/aromatic N) is 4. The van der Waals surface area contributed by atoms with E-state index in [1.54, 1.807) is 18.9 Å². The second-order valence-electron chi connectivity index (χ2n) is 12.0. The van der Waals surface area contributed by atoms with Crippen molar-refractivity contribution in [2.45, 2.75) is 58.2 Å². The molecule has 4 unspecified atom stereocenters. The molecule has 2 fully saturated rings. The zero-order valence-electron chi connectivity index (χ0n) is 28.8. The van der Waals surface area contributed by atoms with E-state index < -0.39 is 0 Å². The van der Waals surface area contributed by atoms with Gasteiger partial charge in [-0.25, -0.2) is 14.6 Å². The number of carbonyl (C=O) groups excluding carboxylic acids is 2. The lowest BCUT2D eigenvalue weighted by Crippen LogP contribution is -2.39. The summed E-state index contributed by atoms with van der Waals surface area (Å²) < 4.78 is 24.5. The molecule has 4 aromatic rings.